The Labute approximate surface area is 126 Å². The van der Waals surface area contributed by atoms with Gasteiger partial charge in [0.15, 0.2) is 0 Å². The van der Waals surface area contributed by atoms with E-state index in [0.717, 1.165) is 11.3 Å². The van der Waals surface area contributed by atoms with Crippen LogP contribution < -0.4 is 10.6 Å². The maximum atomic E-state index is 11.8. The van der Waals surface area contributed by atoms with E-state index < -0.39 is 30.4 Å². The summed E-state index contributed by atoms with van der Waals surface area (Å²) in [4.78, 5) is 34.3. The van der Waals surface area contributed by atoms with Crippen molar-refractivity contribution in [2.45, 2.75) is 38.3 Å². The van der Waals surface area contributed by atoms with Crippen molar-refractivity contribution in [3.8, 4) is 0 Å². The number of carbonyl (C=O) groups excluding carboxylic acids is 1. The van der Waals surface area contributed by atoms with Crippen LogP contribution in [0.2, 0.25) is 0 Å². The SMILES string of the molecule is CCCC(NC(=O)N[C@H](CC(=O)O)C(=O)O)c1cccs1. The van der Waals surface area contributed by atoms with Crippen LogP contribution in [0, 0.1) is 0 Å². The van der Waals surface area contributed by atoms with Crippen molar-refractivity contribution < 1.29 is 24.6 Å². The maximum absolute atomic E-state index is 11.8. The Morgan fingerprint density at radius 2 is 2.00 bits per heavy atom. The van der Waals surface area contributed by atoms with E-state index in [1.54, 1.807) is 0 Å². The molecule has 0 saturated heterocycles. The summed E-state index contributed by atoms with van der Waals surface area (Å²) in [7, 11) is 0. The zero-order valence-electron chi connectivity index (χ0n) is 11.5. The molecule has 0 aliphatic carbocycles. The molecule has 0 radical (unpaired) electrons. The summed E-state index contributed by atoms with van der Waals surface area (Å²) in [5.74, 6) is -2.67. The number of aliphatic carboxylic acids is 2. The number of rotatable bonds is 8. The van der Waals surface area contributed by atoms with E-state index in [0.29, 0.717) is 6.42 Å². The number of carboxylic acids is 2. The van der Waals surface area contributed by atoms with Gasteiger partial charge in [0.1, 0.15) is 6.04 Å². The molecule has 1 unspecified atom stereocenters. The van der Waals surface area contributed by atoms with Crippen LogP contribution in [0.4, 0.5) is 4.79 Å². The van der Waals surface area contributed by atoms with Crippen LogP contribution >= 0.6 is 11.3 Å². The standard InChI is InChI=1S/C13H18N2O5S/c1-2-4-8(10-5-3-6-21-10)14-13(20)15-9(12(18)19)7-11(16)17/h3,5-6,8-9H,2,4,7H2,1H3,(H,16,17)(H,18,19)(H2,14,15,20)/t8?,9-/m1/s1. The van der Waals surface area contributed by atoms with Gasteiger partial charge in [0.05, 0.1) is 12.5 Å². The van der Waals surface area contributed by atoms with Crippen molar-refractivity contribution in [1.29, 1.82) is 0 Å². The van der Waals surface area contributed by atoms with Gasteiger partial charge >= 0.3 is 18.0 Å². The van der Waals surface area contributed by atoms with E-state index in [9.17, 15) is 14.4 Å². The number of amides is 2. The van der Waals surface area contributed by atoms with Gasteiger partial charge in [-0.3, -0.25) is 4.79 Å². The first kappa shape index (κ1) is 17.0. The predicted octanol–water partition coefficient (Wildman–Crippen LogP) is 1.82. The summed E-state index contributed by atoms with van der Waals surface area (Å²) in [6.45, 7) is 1.98. The summed E-state index contributed by atoms with van der Waals surface area (Å²) in [6.07, 6.45) is 0.894. The number of thiophene rings is 1. The molecule has 21 heavy (non-hydrogen) atoms. The van der Waals surface area contributed by atoms with Gasteiger partial charge in [0.2, 0.25) is 0 Å². The Morgan fingerprint density at radius 3 is 2.48 bits per heavy atom. The molecule has 0 saturated carbocycles. The van der Waals surface area contributed by atoms with Crippen molar-refractivity contribution in [2.24, 2.45) is 0 Å². The van der Waals surface area contributed by atoms with E-state index in [1.807, 2.05) is 24.4 Å². The minimum atomic E-state index is -1.45. The number of hydrogen-bond donors (Lipinski definition) is 4. The maximum Gasteiger partial charge on any atom is 0.326 e. The molecule has 7 nitrogen and oxygen atoms in total. The van der Waals surface area contributed by atoms with Gasteiger partial charge in [-0.1, -0.05) is 19.4 Å². The molecule has 0 aromatic carbocycles. The molecule has 0 aliphatic heterocycles. The van der Waals surface area contributed by atoms with Gasteiger partial charge in [-0.2, -0.15) is 0 Å². The van der Waals surface area contributed by atoms with Gasteiger partial charge in [-0.15, -0.1) is 11.3 Å². The first-order valence-corrected chi connectivity index (χ1v) is 7.37. The van der Waals surface area contributed by atoms with E-state index in [2.05, 4.69) is 10.6 Å². The Hall–Kier alpha value is -2.09. The molecule has 116 valence electrons. The molecular weight excluding hydrogens is 296 g/mol. The van der Waals surface area contributed by atoms with Gasteiger partial charge in [-0.25, -0.2) is 9.59 Å². The van der Waals surface area contributed by atoms with Crippen molar-refractivity contribution in [3.63, 3.8) is 0 Å². The van der Waals surface area contributed by atoms with Crippen molar-refractivity contribution in [2.75, 3.05) is 0 Å². The average molecular weight is 314 g/mol. The Kier molecular flexibility index (Phi) is 6.67. The Balaban J connectivity index is 2.64. The summed E-state index contributed by atoms with van der Waals surface area (Å²) in [5, 5.41) is 24.3. The highest BCUT2D eigenvalue weighted by Gasteiger charge is 2.24. The van der Waals surface area contributed by atoms with Crippen molar-refractivity contribution >= 4 is 29.3 Å². The monoisotopic (exact) mass is 314 g/mol. The molecule has 0 aliphatic rings. The second-order valence-electron chi connectivity index (χ2n) is 4.46. The highest BCUT2D eigenvalue weighted by Crippen LogP contribution is 2.22. The first-order valence-electron chi connectivity index (χ1n) is 6.49. The second-order valence-corrected chi connectivity index (χ2v) is 5.44. The third-order valence-electron chi connectivity index (χ3n) is 2.75. The van der Waals surface area contributed by atoms with Gasteiger partial charge in [0.25, 0.3) is 0 Å². The summed E-state index contributed by atoms with van der Waals surface area (Å²) < 4.78 is 0. The van der Waals surface area contributed by atoms with Gasteiger partial charge < -0.3 is 20.8 Å². The van der Waals surface area contributed by atoms with Crippen molar-refractivity contribution in [1.82, 2.24) is 10.6 Å². The minimum absolute atomic E-state index is 0.214. The topological polar surface area (TPSA) is 116 Å². The minimum Gasteiger partial charge on any atom is -0.481 e. The number of urea groups is 1. The lowest BCUT2D eigenvalue weighted by Gasteiger charge is -2.19. The van der Waals surface area contributed by atoms with E-state index in [-0.39, 0.29) is 6.04 Å². The third kappa shape index (κ3) is 5.82. The van der Waals surface area contributed by atoms with Crippen LogP contribution in [-0.2, 0) is 9.59 Å². The summed E-state index contributed by atoms with van der Waals surface area (Å²) in [6, 6.07) is 1.40. The zero-order chi connectivity index (χ0) is 15.8. The highest BCUT2D eigenvalue weighted by atomic mass is 32.1. The van der Waals surface area contributed by atoms with Gasteiger partial charge in [0, 0.05) is 4.88 Å². The lowest BCUT2D eigenvalue weighted by molar-refractivity contribution is -0.145. The highest BCUT2D eigenvalue weighted by molar-refractivity contribution is 7.10. The van der Waals surface area contributed by atoms with Crippen LogP contribution in [0.1, 0.15) is 37.1 Å². The van der Waals surface area contributed by atoms with E-state index in [4.69, 9.17) is 10.2 Å². The van der Waals surface area contributed by atoms with Crippen LogP contribution in [0.3, 0.4) is 0 Å². The second kappa shape index (κ2) is 8.25. The normalized spacial score (nSPS) is 13.2. The largest absolute Gasteiger partial charge is 0.481 e. The third-order valence-corrected chi connectivity index (χ3v) is 3.74. The molecule has 4 N–H and O–H groups in total. The molecule has 0 spiro atoms. The molecule has 2 atom stereocenters. The predicted molar refractivity (Wildman–Crippen MR) is 77.3 cm³/mol. The summed E-state index contributed by atoms with van der Waals surface area (Å²) in [5.41, 5.74) is 0. The molecule has 1 rings (SSSR count). The molecule has 1 heterocycles. The number of nitrogens with one attached hydrogen (secondary N) is 2. The molecule has 0 fully saturated rings. The fourth-order valence-electron chi connectivity index (χ4n) is 1.80. The van der Waals surface area contributed by atoms with Gasteiger partial charge in [-0.05, 0) is 17.9 Å². The number of carbonyl (C=O) groups is 3. The number of carboxylic acid groups (broad SMARTS) is 2. The van der Waals surface area contributed by atoms with E-state index in [1.165, 1.54) is 11.3 Å². The van der Waals surface area contributed by atoms with Crippen LogP contribution in [0.15, 0.2) is 17.5 Å². The average Bonchev–Trinajstić information content (AvgIpc) is 2.90. The number of hydrogen-bond acceptors (Lipinski definition) is 4. The fraction of sp³-hybridized carbons (Fsp3) is 0.462. The van der Waals surface area contributed by atoms with Crippen LogP contribution in [0.25, 0.3) is 0 Å². The van der Waals surface area contributed by atoms with Crippen LogP contribution in [-0.4, -0.2) is 34.2 Å². The van der Waals surface area contributed by atoms with Crippen LogP contribution in [0.5, 0.6) is 0 Å². The fourth-order valence-corrected chi connectivity index (χ4v) is 2.61. The first-order chi connectivity index (χ1) is 9.93. The smallest absolute Gasteiger partial charge is 0.326 e. The summed E-state index contributed by atoms with van der Waals surface area (Å²) >= 11 is 1.50. The lowest BCUT2D eigenvalue weighted by atomic mass is 10.1. The Bertz CT molecular complexity index is 489. The molecular formula is C13H18N2O5S. The Morgan fingerprint density at radius 1 is 1.29 bits per heavy atom. The zero-order valence-corrected chi connectivity index (χ0v) is 12.4. The molecule has 1 aromatic rings. The molecule has 0 bridgehead atoms. The quantitative estimate of drug-likeness (QED) is 0.584. The molecule has 1 aromatic heterocycles. The molecule has 2 amide bonds. The lowest BCUT2D eigenvalue weighted by Crippen LogP contribution is -2.47. The van der Waals surface area contributed by atoms with Crippen molar-refractivity contribution in [3.05, 3.63) is 22.4 Å². The van der Waals surface area contributed by atoms with E-state index >= 15 is 0 Å². The molecule has 8 heteroatoms.